The SMILES string of the molecule is Cc1cc(NC(=O)NCc2ncc(C)s2)c(C(=O)O)[nH]1. The number of hydrogen-bond acceptors (Lipinski definition) is 4. The number of H-pyrrole nitrogens is 1. The molecule has 0 aliphatic rings. The third-order valence-electron chi connectivity index (χ3n) is 2.48. The summed E-state index contributed by atoms with van der Waals surface area (Å²) in [4.78, 5) is 30.6. The number of nitrogens with zero attached hydrogens (tertiary/aromatic N) is 1. The molecule has 0 atom stereocenters. The van der Waals surface area contributed by atoms with Crippen LogP contribution in [0.5, 0.6) is 0 Å². The van der Waals surface area contributed by atoms with Gasteiger partial charge in [-0.1, -0.05) is 0 Å². The van der Waals surface area contributed by atoms with Crippen LogP contribution in [0.2, 0.25) is 0 Å². The van der Waals surface area contributed by atoms with Crippen molar-refractivity contribution < 1.29 is 14.7 Å². The first kappa shape index (κ1) is 14.1. The van der Waals surface area contributed by atoms with Crippen molar-refractivity contribution in [2.24, 2.45) is 0 Å². The van der Waals surface area contributed by atoms with Gasteiger partial charge in [0.05, 0.1) is 12.2 Å². The molecule has 0 unspecified atom stereocenters. The number of aryl methyl sites for hydroxylation is 2. The molecule has 8 heteroatoms. The van der Waals surface area contributed by atoms with Gasteiger partial charge in [-0.3, -0.25) is 0 Å². The Balaban J connectivity index is 1.96. The molecule has 2 amide bonds. The van der Waals surface area contributed by atoms with E-state index in [4.69, 9.17) is 5.11 Å². The number of rotatable bonds is 4. The standard InChI is InChI=1S/C12H14N4O3S/c1-6-3-8(10(15-6)11(17)18)16-12(19)14-5-9-13-4-7(2)20-9/h3-4,15H,5H2,1-2H3,(H,17,18)(H2,14,16,19). The summed E-state index contributed by atoms with van der Waals surface area (Å²) >= 11 is 1.49. The van der Waals surface area contributed by atoms with Gasteiger partial charge in [0.15, 0.2) is 0 Å². The van der Waals surface area contributed by atoms with Crippen molar-refractivity contribution in [1.29, 1.82) is 0 Å². The van der Waals surface area contributed by atoms with Crippen molar-refractivity contribution in [3.8, 4) is 0 Å². The third-order valence-corrected chi connectivity index (χ3v) is 3.40. The largest absolute Gasteiger partial charge is 0.477 e. The van der Waals surface area contributed by atoms with Crippen molar-refractivity contribution in [2.75, 3.05) is 5.32 Å². The minimum atomic E-state index is -1.12. The molecule has 20 heavy (non-hydrogen) atoms. The summed E-state index contributed by atoms with van der Waals surface area (Å²) in [5.41, 5.74) is 0.860. The van der Waals surface area contributed by atoms with Gasteiger partial charge in [-0.25, -0.2) is 14.6 Å². The van der Waals surface area contributed by atoms with Crippen molar-refractivity contribution in [2.45, 2.75) is 20.4 Å². The van der Waals surface area contributed by atoms with Crippen LogP contribution in [0.25, 0.3) is 0 Å². The maximum Gasteiger partial charge on any atom is 0.354 e. The van der Waals surface area contributed by atoms with Gasteiger partial charge in [0.2, 0.25) is 0 Å². The topological polar surface area (TPSA) is 107 Å². The first-order valence-corrected chi connectivity index (χ1v) is 6.66. The zero-order valence-corrected chi connectivity index (χ0v) is 11.8. The second kappa shape index (κ2) is 5.74. The average Bonchev–Trinajstić information content (AvgIpc) is 2.93. The van der Waals surface area contributed by atoms with Crippen LogP contribution >= 0.6 is 11.3 Å². The number of aromatic carboxylic acids is 1. The summed E-state index contributed by atoms with van der Waals surface area (Å²) in [6, 6.07) is 1.09. The van der Waals surface area contributed by atoms with E-state index in [2.05, 4.69) is 20.6 Å². The van der Waals surface area contributed by atoms with E-state index in [-0.39, 0.29) is 11.4 Å². The molecule has 0 radical (unpaired) electrons. The number of anilines is 1. The number of hydrogen-bond donors (Lipinski definition) is 4. The second-order valence-electron chi connectivity index (χ2n) is 4.22. The third kappa shape index (κ3) is 3.35. The average molecular weight is 294 g/mol. The van der Waals surface area contributed by atoms with E-state index in [0.29, 0.717) is 12.2 Å². The van der Waals surface area contributed by atoms with Crippen LogP contribution in [-0.2, 0) is 6.54 Å². The van der Waals surface area contributed by atoms with E-state index in [9.17, 15) is 9.59 Å². The molecule has 106 valence electrons. The summed E-state index contributed by atoms with van der Waals surface area (Å²) in [5, 5.41) is 14.9. The molecule has 2 rings (SSSR count). The molecule has 0 bridgehead atoms. The number of carbonyl (C=O) groups excluding carboxylic acids is 1. The Morgan fingerprint density at radius 1 is 1.45 bits per heavy atom. The predicted molar refractivity (Wildman–Crippen MR) is 75.2 cm³/mol. The van der Waals surface area contributed by atoms with Gasteiger partial charge in [-0.15, -0.1) is 11.3 Å². The van der Waals surface area contributed by atoms with E-state index < -0.39 is 12.0 Å². The highest BCUT2D eigenvalue weighted by Gasteiger charge is 2.15. The van der Waals surface area contributed by atoms with Crippen LogP contribution in [0, 0.1) is 13.8 Å². The van der Waals surface area contributed by atoms with Gasteiger partial charge in [0.25, 0.3) is 0 Å². The minimum absolute atomic E-state index is 0.0391. The summed E-state index contributed by atoms with van der Waals surface area (Å²) in [5.74, 6) is -1.12. The lowest BCUT2D eigenvalue weighted by atomic mass is 10.3. The molecule has 2 heterocycles. The first-order valence-electron chi connectivity index (χ1n) is 5.85. The Labute approximate surface area is 119 Å². The number of nitrogens with one attached hydrogen (secondary N) is 3. The van der Waals surface area contributed by atoms with Gasteiger partial charge < -0.3 is 20.7 Å². The zero-order valence-electron chi connectivity index (χ0n) is 11.0. The summed E-state index contributed by atoms with van der Waals surface area (Å²) in [7, 11) is 0. The van der Waals surface area contributed by atoms with Gasteiger partial charge in [0.1, 0.15) is 10.7 Å². The highest BCUT2D eigenvalue weighted by Crippen LogP contribution is 2.16. The lowest BCUT2D eigenvalue weighted by molar-refractivity contribution is 0.0692. The Morgan fingerprint density at radius 2 is 2.20 bits per heavy atom. The van der Waals surface area contributed by atoms with Gasteiger partial charge in [-0.05, 0) is 19.9 Å². The molecule has 0 fully saturated rings. The molecule has 4 N–H and O–H groups in total. The lowest BCUT2D eigenvalue weighted by Crippen LogP contribution is -2.28. The number of aromatic amines is 1. The molecule has 0 spiro atoms. The molecule has 2 aromatic rings. The fourth-order valence-electron chi connectivity index (χ4n) is 1.66. The molecule has 0 aromatic carbocycles. The molecule has 0 saturated carbocycles. The van der Waals surface area contributed by atoms with Gasteiger partial charge in [0, 0.05) is 16.8 Å². The summed E-state index contributed by atoms with van der Waals surface area (Å²) < 4.78 is 0. The molecule has 0 aliphatic carbocycles. The number of carboxylic acid groups (broad SMARTS) is 1. The fraction of sp³-hybridized carbons (Fsp3) is 0.250. The highest BCUT2D eigenvalue weighted by atomic mass is 32.1. The van der Waals surface area contributed by atoms with E-state index in [1.807, 2.05) is 6.92 Å². The van der Waals surface area contributed by atoms with Crippen LogP contribution in [0.15, 0.2) is 12.3 Å². The Hall–Kier alpha value is -2.35. The molecule has 0 saturated heterocycles. The van der Waals surface area contributed by atoms with Crippen LogP contribution < -0.4 is 10.6 Å². The van der Waals surface area contributed by atoms with E-state index >= 15 is 0 Å². The molecular weight excluding hydrogens is 280 g/mol. The highest BCUT2D eigenvalue weighted by molar-refractivity contribution is 7.11. The lowest BCUT2D eigenvalue weighted by Gasteiger charge is -2.05. The molecule has 0 aliphatic heterocycles. The first-order chi connectivity index (χ1) is 9.45. The Bertz CT molecular complexity index is 647. The smallest absolute Gasteiger partial charge is 0.354 e. The molecule has 2 aromatic heterocycles. The van der Waals surface area contributed by atoms with E-state index in [1.165, 1.54) is 11.3 Å². The van der Waals surface area contributed by atoms with Crippen LogP contribution in [0.3, 0.4) is 0 Å². The number of urea groups is 1. The van der Waals surface area contributed by atoms with E-state index in [0.717, 1.165) is 9.88 Å². The van der Waals surface area contributed by atoms with Crippen molar-refractivity contribution in [3.05, 3.63) is 33.5 Å². The number of carboxylic acids is 1. The summed E-state index contributed by atoms with van der Waals surface area (Å²) in [6.07, 6.45) is 1.73. The zero-order chi connectivity index (χ0) is 14.7. The molecular formula is C12H14N4O3S. The van der Waals surface area contributed by atoms with Crippen molar-refractivity contribution >= 4 is 29.0 Å². The Morgan fingerprint density at radius 3 is 2.80 bits per heavy atom. The fourth-order valence-corrected chi connectivity index (χ4v) is 2.39. The summed E-state index contributed by atoms with van der Waals surface area (Å²) in [6.45, 7) is 3.95. The van der Waals surface area contributed by atoms with Crippen LogP contribution in [-0.4, -0.2) is 27.1 Å². The monoisotopic (exact) mass is 294 g/mol. The predicted octanol–water partition coefficient (Wildman–Crippen LogP) is 2.11. The minimum Gasteiger partial charge on any atom is -0.477 e. The number of aromatic nitrogens is 2. The molecule has 7 nitrogen and oxygen atoms in total. The maximum absolute atomic E-state index is 11.7. The number of carbonyl (C=O) groups is 2. The Kier molecular flexibility index (Phi) is 4.04. The van der Waals surface area contributed by atoms with E-state index in [1.54, 1.807) is 19.2 Å². The maximum atomic E-state index is 11.7. The van der Waals surface area contributed by atoms with Crippen LogP contribution in [0.4, 0.5) is 10.5 Å². The van der Waals surface area contributed by atoms with Crippen molar-refractivity contribution in [1.82, 2.24) is 15.3 Å². The number of amides is 2. The van der Waals surface area contributed by atoms with Crippen LogP contribution in [0.1, 0.15) is 26.1 Å². The van der Waals surface area contributed by atoms with Crippen molar-refractivity contribution in [3.63, 3.8) is 0 Å². The quantitative estimate of drug-likeness (QED) is 0.692. The second-order valence-corrected chi connectivity index (χ2v) is 5.54. The van der Waals surface area contributed by atoms with Gasteiger partial charge in [-0.2, -0.15) is 0 Å². The normalized spacial score (nSPS) is 10.3. The van der Waals surface area contributed by atoms with Gasteiger partial charge >= 0.3 is 12.0 Å². The number of thiazole rings is 1.